The van der Waals surface area contributed by atoms with Crippen molar-refractivity contribution >= 4 is 29.2 Å². The van der Waals surface area contributed by atoms with Crippen LogP contribution in [-0.2, 0) is 4.74 Å². The van der Waals surface area contributed by atoms with Gasteiger partial charge < -0.3 is 15.2 Å². The van der Waals surface area contributed by atoms with E-state index in [-0.39, 0.29) is 29.5 Å². The van der Waals surface area contributed by atoms with Crippen molar-refractivity contribution in [3.8, 4) is 5.75 Å². The predicted molar refractivity (Wildman–Crippen MR) is 62.4 cm³/mol. The molecule has 0 aliphatic heterocycles. The molecular weight excluding hydrogens is 253 g/mol. The molecule has 0 aromatic heterocycles. The molecule has 6 heteroatoms. The van der Waals surface area contributed by atoms with Crippen molar-refractivity contribution in [2.24, 2.45) is 5.73 Å². The number of hydrogen-bond acceptors (Lipinski definition) is 4. The number of carbonyl (C=O) groups excluding carboxylic acids is 1. The van der Waals surface area contributed by atoms with Crippen LogP contribution in [0.2, 0.25) is 10.0 Å². The van der Waals surface area contributed by atoms with Gasteiger partial charge in [0.15, 0.2) is 5.75 Å². The molecule has 0 aliphatic carbocycles. The zero-order valence-electron chi connectivity index (χ0n) is 8.63. The lowest BCUT2D eigenvalue weighted by Crippen LogP contribution is -2.14. The van der Waals surface area contributed by atoms with Gasteiger partial charge in [-0.25, -0.2) is 4.79 Å². The van der Waals surface area contributed by atoms with E-state index in [4.69, 9.17) is 38.4 Å². The fraction of sp³-hybridized carbons (Fsp3) is 0.300. The first-order valence-corrected chi connectivity index (χ1v) is 5.26. The third-order valence-corrected chi connectivity index (χ3v) is 2.43. The summed E-state index contributed by atoms with van der Waals surface area (Å²) in [6, 6.07) is 3.05. The Hall–Kier alpha value is -0.970. The summed E-state index contributed by atoms with van der Waals surface area (Å²) >= 11 is 11.7. The summed E-state index contributed by atoms with van der Waals surface area (Å²) in [5.74, 6) is -0.397. The topological polar surface area (TPSA) is 61.5 Å². The third-order valence-electron chi connectivity index (χ3n) is 1.82. The number of benzene rings is 1. The van der Waals surface area contributed by atoms with Gasteiger partial charge in [-0.2, -0.15) is 0 Å². The average Bonchev–Trinajstić information content (AvgIpc) is 2.28. The Morgan fingerprint density at radius 2 is 2.00 bits per heavy atom. The molecule has 1 rings (SSSR count). The molecule has 0 fully saturated rings. The lowest BCUT2D eigenvalue weighted by Gasteiger charge is -2.11. The Bertz CT molecular complexity index is 396. The van der Waals surface area contributed by atoms with E-state index in [0.29, 0.717) is 5.02 Å². The summed E-state index contributed by atoms with van der Waals surface area (Å²) in [6.07, 6.45) is 0. The molecule has 1 aromatic carbocycles. The van der Waals surface area contributed by atoms with Gasteiger partial charge in [-0.15, -0.1) is 0 Å². The summed E-state index contributed by atoms with van der Waals surface area (Å²) in [7, 11) is 1.40. The molecule has 2 N–H and O–H groups in total. The van der Waals surface area contributed by atoms with Crippen LogP contribution in [0.1, 0.15) is 10.4 Å². The molecule has 4 nitrogen and oxygen atoms in total. The van der Waals surface area contributed by atoms with Crippen molar-refractivity contribution < 1.29 is 14.3 Å². The van der Waals surface area contributed by atoms with Crippen molar-refractivity contribution in [1.29, 1.82) is 0 Å². The lowest BCUT2D eigenvalue weighted by molar-refractivity contribution is 0.0513. The highest BCUT2D eigenvalue weighted by molar-refractivity contribution is 6.37. The van der Waals surface area contributed by atoms with Crippen LogP contribution in [0.4, 0.5) is 0 Å². The van der Waals surface area contributed by atoms with Crippen LogP contribution in [0.3, 0.4) is 0 Å². The van der Waals surface area contributed by atoms with Crippen LogP contribution >= 0.6 is 23.2 Å². The van der Waals surface area contributed by atoms with E-state index in [1.165, 1.54) is 13.2 Å². The minimum atomic E-state index is -0.602. The first-order chi connectivity index (χ1) is 7.61. The summed E-state index contributed by atoms with van der Waals surface area (Å²) in [6.45, 7) is 0.358. The second-order valence-electron chi connectivity index (χ2n) is 2.86. The van der Waals surface area contributed by atoms with Crippen LogP contribution in [0.5, 0.6) is 5.75 Å². The van der Waals surface area contributed by atoms with Crippen LogP contribution in [0.25, 0.3) is 0 Å². The van der Waals surface area contributed by atoms with Crippen LogP contribution in [0, 0.1) is 0 Å². The van der Waals surface area contributed by atoms with Crippen molar-refractivity contribution in [3.05, 3.63) is 27.7 Å². The first-order valence-electron chi connectivity index (χ1n) is 4.51. The van der Waals surface area contributed by atoms with Crippen LogP contribution < -0.4 is 10.5 Å². The van der Waals surface area contributed by atoms with Gasteiger partial charge in [-0.1, -0.05) is 23.2 Å². The monoisotopic (exact) mass is 263 g/mol. The van der Waals surface area contributed by atoms with Crippen LogP contribution in [-0.4, -0.2) is 26.2 Å². The molecule has 0 unspecified atom stereocenters. The lowest BCUT2D eigenvalue weighted by atomic mass is 10.2. The van der Waals surface area contributed by atoms with Gasteiger partial charge in [-0.3, -0.25) is 0 Å². The van der Waals surface area contributed by atoms with E-state index in [1.54, 1.807) is 6.07 Å². The van der Waals surface area contributed by atoms with E-state index in [0.717, 1.165) is 0 Å². The quantitative estimate of drug-likeness (QED) is 0.846. The number of carbonyl (C=O) groups is 1. The maximum absolute atomic E-state index is 11.7. The third kappa shape index (κ3) is 2.78. The minimum absolute atomic E-state index is 0.116. The van der Waals surface area contributed by atoms with Gasteiger partial charge in [0.05, 0.1) is 17.2 Å². The molecule has 0 atom stereocenters. The summed E-state index contributed by atoms with van der Waals surface area (Å²) in [5.41, 5.74) is 5.34. The molecule has 0 radical (unpaired) electrons. The van der Waals surface area contributed by atoms with E-state index in [1.807, 2.05) is 0 Å². The number of hydrogen-bond donors (Lipinski definition) is 1. The smallest absolute Gasteiger partial charge is 0.343 e. The van der Waals surface area contributed by atoms with Gasteiger partial charge >= 0.3 is 5.97 Å². The minimum Gasteiger partial charge on any atom is -0.494 e. The molecule has 0 bridgehead atoms. The van der Waals surface area contributed by atoms with Gasteiger partial charge in [0, 0.05) is 6.54 Å². The van der Waals surface area contributed by atoms with Gasteiger partial charge in [0.2, 0.25) is 0 Å². The zero-order valence-corrected chi connectivity index (χ0v) is 10.1. The Kier molecular flexibility index (Phi) is 4.86. The van der Waals surface area contributed by atoms with E-state index in [2.05, 4.69) is 0 Å². The van der Waals surface area contributed by atoms with Crippen molar-refractivity contribution in [2.75, 3.05) is 20.3 Å². The number of rotatable bonds is 4. The van der Waals surface area contributed by atoms with Gasteiger partial charge in [0.1, 0.15) is 12.2 Å². The molecule has 0 aliphatic rings. The van der Waals surface area contributed by atoms with Gasteiger partial charge in [0.25, 0.3) is 0 Å². The fourth-order valence-corrected chi connectivity index (χ4v) is 1.61. The maximum Gasteiger partial charge on any atom is 0.343 e. The predicted octanol–water partition coefficient (Wildman–Crippen LogP) is 2.12. The number of ether oxygens (including phenoxy) is 2. The molecule has 0 heterocycles. The number of nitrogens with two attached hydrogens (primary N) is 1. The second-order valence-corrected chi connectivity index (χ2v) is 3.68. The van der Waals surface area contributed by atoms with E-state index < -0.39 is 5.97 Å². The average molecular weight is 264 g/mol. The van der Waals surface area contributed by atoms with Crippen molar-refractivity contribution in [2.45, 2.75) is 0 Å². The molecule has 0 saturated heterocycles. The number of methoxy groups -OCH3 is 1. The first kappa shape index (κ1) is 13.1. The summed E-state index contributed by atoms with van der Waals surface area (Å²) in [4.78, 5) is 11.7. The fourth-order valence-electron chi connectivity index (χ4n) is 1.15. The Morgan fingerprint density at radius 1 is 1.38 bits per heavy atom. The molecule has 0 saturated carbocycles. The largest absolute Gasteiger partial charge is 0.494 e. The molecule has 0 spiro atoms. The highest BCUT2D eigenvalue weighted by Gasteiger charge is 2.20. The van der Waals surface area contributed by atoms with Gasteiger partial charge in [-0.05, 0) is 12.1 Å². The molecular formula is C10H11Cl2NO3. The van der Waals surface area contributed by atoms with E-state index >= 15 is 0 Å². The molecule has 1 aromatic rings. The number of halogens is 2. The highest BCUT2D eigenvalue weighted by atomic mass is 35.5. The summed E-state index contributed by atoms with van der Waals surface area (Å²) in [5, 5.41) is 0.523. The number of esters is 1. The maximum atomic E-state index is 11.7. The molecule has 88 valence electrons. The molecule has 0 amide bonds. The Morgan fingerprint density at radius 3 is 2.56 bits per heavy atom. The van der Waals surface area contributed by atoms with E-state index in [9.17, 15) is 4.79 Å². The van der Waals surface area contributed by atoms with Crippen molar-refractivity contribution in [1.82, 2.24) is 0 Å². The molecule has 16 heavy (non-hydrogen) atoms. The second kappa shape index (κ2) is 5.94. The standard InChI is InChI=1S/C10H11Cl2NO3/c1-15-9-7(12)3-2-6(11)8(9)10(14)16-5-4-13/h2-3H,4-5,13H2,1H3. The van der Waals surface area contributed by atoms with Crippen molar-refractivity contribution in [3.63, 3.8) is 0 Å². The highest BCUT2D eigenvalue weighted by Crippen LogP contribution is 2.34. The zero-order chi connectivity index (χ0) is 12.1. The normalized spacial score (nSPS) is 10.0. The van der Waals surface area contributed by atoms with Crippen LogP contribution in [0.15, 0.2) is 12.1 Å². The SMILES string of the molecule is COc1c(Cl)ccc(Cl)c1C(=O)OCCN. The summed E-state index contributed by atoms with van der Waals surface area (Å²) < 4.78 is 9.88. The Labute approximate surface area is 103 Å². The Balaban J connectivity index is 3.10.